The van der Waals surface area contributed by atoms with E-state index in [0.29, 0.717) is 0 Å². The van der Waals surface area contributed by atoms with Gasteiger partial charge >= 0.3 is 0 Å². The second-order valence-corrected chi connectivity index (χ2v) is 6.34. The van der Waals surface area contributed by atoms with Gasteiger partial charge in [0.1, 0.15) is 5.84 Å². The molecule has 1 aliphatic heterocycles. The molecule has 4 heteroatoms. The van der Waals surface area contributed by atoms with Crippen molar-refractivity contribution in [3.05, 3.63) is 68.7 Å². The topological polar surface area (TPSA) is 24.4 Å². The molecule has 1 heterocycles. The van der Waals surface area contributed by atoms with E-state index < -0.39 is 0 Å². The summed E-state index contributed by atoms with van der Waals surface area (Å²) in [6.07, 6.45) is 1.92. The second kappa shape index (κ2) is 6.63. The van der Waals surface area contributed by atoms with Crippen molar-refractivity contribution in [2.24, 2.45) is 4.99 Å². The molecule has 0 bridgehead atoms. The van der Waals surface area contributed by atoms with Crippen LogP contribution < -0.4 is 5.32 Å². The summed E-state index contributed by atoms with van der Waals surface area (Å²) in [5, 5.41) is 4.13. The largest absolute Gasteiger partial charge is 0.368 e. The zero-order valence-corrected chi connectivity index (χ0v) is 13.9. The van der Waals surface area contributed by atoms with E-state index in [0.717, 1.165) is 41.3 Å². The SMILES string of the molecule is Clc1ccc(Br)c(CCc2ccccc2C2=NCCN2)c1. The summed E-state index contributed by atoms with van der Waals surface area (Å²) < 4.78 is 1.11. The van der Waals surface area contributed by atoms with E-state index in [2.05, 4.69) is 50.5 Å². The number of hydrogen-bond acceptors (Lipinski definition) is 2. The van der Waals surface area contributed by atoms with Gasteiger partial charge in [-0.2, -0.15) is 0 Å². The maximum absolute atomic E-state index is 6.08. The van der Waals surface area contributed by atoms with Gasteiger partial charge in [-0.25, -0.2) is 0 Å². The third kappa shape index (κ3) is 3.47. The van der Waals surface area contributed by atoms with Crippen molar-refractivity contribution in [1.82, 2.24) is 5.32 Å². The number of aliphatic imine (C=N–C) groups is 1. The highest BCUT2D eigenvalue weighted by Crippen LogP contribution is 2.23. The number of nitrogens with zero attached hydrogens (tertiary/aromatic N) is 1. The highest BCUT2D eigenvalue weighted by Gasteiger charge is 2.12. The lowest BCUT2D eigenvalue weighted by Gasteiger charge is -2.11. The first kappa shape index (κ1) is 14.6. The Balaban J connectivity index is 1.81. The van der Waals surface area contributed by atoms with Crippen molar-refractivity contribution >= 4 is 33.4 Å². The van der Waals surface area contributed by atoms with Crippen LogP contribution >= 0.6 is 27.5 Å². The van der Waals surface area contributed by atoms with Crippen LogP contribution in [0.4, 0.5) is 0 Å². The molecule has 3 rings (SSSR count). The molecule has 0 spiro atoms. The molecule has 0 saturated heterocycles. The molecule has 2 aromatic rings. The van der Waals surface area contributed by atoms with Gasteiger partial charge in [0.25, 0.3) is 0 Å². The Morgan fingerprint density at radius 2 is 1.90 bits per heavy atom. The fraction of sp³-hybridized carbons (Fsp3) is 0.235. The van der Waals surface area contributed by atoms with Crippen LogP contribution in [0.25, 0.3) is 0 Å². The van der Waals surface area contributed by atoms with E-state index >= 15 is 0 Å². The van der Waals surface area contributed by atoms with Crippen LogP contribution in [-0.2, 0) is 12.8 Å². The lowest BCUT2D eigenvalue weighted by atomic mass is 9.99. The Bertz CT molecular complexity index is 682. The zero-order valence-electron chi connectivity index (χ0n) is 11.6. The van der Waals surface area contributed by atoms with Crippen molar-refractivity contribution < 1.29 is 0 Å². The lowest BCUT2D eigenvalue weighted by Crippen LogP contribution is -2.21. The molecule has 0 unspecified atom stereocenters. The fourth-order valence-electron chi connectivity index (χ4n) is 2.55. The van der Waals surface area contributed by atoms with Gasteiger partial charge in [0, 0.05) is 21.6 Å². The van der Waals surface area contributed by atoms with Crippen LogP contribution in [0.1, 0.15) is 16.7 Å². The predicted molar refractivity (Wildman–Crippen MR) is 92.4 cm³/mol. The van der Waals surface area contributed by atoms with E-state index in [1.54, 1.807) is 0 Å². The second-order valence-electron chi connectivity index (χ2n) is 5.05. The molecule has 1 N–H and O–H groups in total. The Hall–Kier alpha value is -1.32. The van der Waals surface area contributed by atoms with Gasteiger partial charge in [-0.05, 0) is 42.2 Å². The quantitative estimate of drug-likeness (QED) is 0.863. The van der Waals surface area contributed by atoms with E-state index in [-0.39, 0.29) is 0 Å². The molecule has 2 nitrogen and oxygen atoms in total. The first-order chi connectivity index (χ1) is 10.2. The van der Waals surface area contributed by atoms with Crippen molar-refractivity contribution in [3.8, 4) is 0 Å². The zero-order chi connectivity index (χ0) is 14.7. The molecule has 0 saturated carbocycles. The Labute approximate surface area is 138 Å². The number of halogens is 2. The van der Waals surface area contributed by atoms with E-state index in [9.17, 15) is 0 Å². The summed E-state index contributed by atoms with van der Waals surface area (Å²) >= 11 is 9.68. The van der Waals surface area contributed by atoms with Crippen LogP contribution in [-0.4, -0.2) is 18.9 Å². The molecule has 2 aromatic carbocycles. The average molecular weight is 364 g/mol. The minimum absolute atomic E-state index is 0.781. The first-order valence-electron chi connectivity index (χ1n) is 7.04. The number of benzene rings is 2. The van der Waals surface area contributed by atoms with Crippen LogP contribution in [0.5, 0.6) is 0 Å². The van der Waals surface area contributed by atoms with Crippen molar-refractivity contribution in [2.75, 3.05) is 13.1 Å². The number of nitrogens with one attached hydrogen (secondary N) is 1. The normalized spacial score (nSPS) is 13.9. The van der Waals surface area contributed by atoms with Gasteiger partial charge < -0.3 is 5.32 Å². The van der Waals surface area contributed by atoms with E-state index in [1.807, 2.05) is 18.2 Å². The molecule has 0 fully saturated rings. The van der Waals surface area contributed by atoms with Gasteiger partial charge in [-0.1, -0.05) is 51.8 Å². The molecular formula is C17H16BrClN2. The molecule has 0 amide bonds. The Morgan fingerprint density at radius 3 is 2.71 bits per heavy atom. The number of aryl methyl sites for hydroxylation is 2. The van der Waals surface area contributed by atoms with Crippen molar-refractivity contribution in [3.63, 3.8) is 0 Å². The molecule has 108 valence electrons. The number of hydrogen-bond donors (Lipinski definition) is 1. The third-order valence-corrected chi connectivity index (χ3v) is 4.63. The summed E-state index contributed by atoms with van der Waals surface area (Å²) in [6, 6.07) is 14.4. The highest BCUT2D eigenvalue weighted by molar-refractivity contribution is 9.10. The maximum atomic E-state index is 6.08. The molecule has 0 radical (unpaired) electrons. The molecule has 0 aromatic heterocycles. The highest BCUT2D eigenvalue weighted by atomic mass is 79.9. The standard InChI is InChI=1S/C17H16BrClN2/c18-16-8-7-14(19)11-13(16)6-5-12-3-1-2-4-15(12)17-20-9-10-21-17/h1-4,7-8,11H,5-6,9-10H2,(H,20,21). The lowest BCUT2D eigenvalue weighted by molar-refractivity contribution is 0.943. The van der Waals surface area contributed by atoms with Gasteiger partial charge in [0.15, 0.2) is 0 Å². The predicted octanol–water partition coefficient (Wildman–Crippen LogP) is 4.24. The van der Waals surface area contributed by atoms with Gasteiger partial charge in [0.05, 0.1) is 6.54 Å². The Kier molecular flexibility index (Phi) is 4.61. The van der Waals surface area contributed by atoms with E-state index in [1.165, 1.54) is 16.7 Å². The summed E-state index contributed by atoms with van der Waals surface area (Å²) in [5.74, 6) is 1.02. The summed E-state index contributed by atoms with van der Waals surface area (Å²) in [6.45, 7) is 1.80. The van der Waals surface area contributed by atoms with Crippen LogP contribution in [0.3, 0.4) is 0 Å². The minimum atomic E-state index is 0.781. The number of rotatable bonds is 4. The molecule has 21 heavy (non-hydrogen) atoms. The van der Waals surface area contributed by atoms with Gasteiger partial charge in [-0.15, -0.1) is 0 Å². The van der Waals surface area contributed by atoms with E-state index in [4.69, 9.17) is 11.6 Å². The molecule has 0 atom stereocenters. The molecule has 0 aliphatic carbocycles. The average Bonchev–Trinajstić information content (AvgIpc) is 3.03. The maximum Gasteiger partial charge on any atom is 0.128 e. The minimum Gasteiger partial charge on any atom is -0.368 e. The van der Waals surface area contributed by atoms with Crippen LogP contribution in [0.15, 0.2) is 51.9 Å². The molecular weight excluding hydrogens is 348 g/mol. The Morgan fingerprint density at radius 1 is 1.10 bits per heavy atom. The summed E-state index contributed by atoms with van der Waals surface area (Å²) in [5.41, 5.74) is 3.77. The number of amidine groups is 1. The van der Waals surface area contributed by atoms with Crippen LogP contribution in [0, 0.1) is 0 Å². The van der Waals surface area contributed by atoms with Gasteiger partial charge in [0.2, 0.25) is 0 Å². The first-order valence-corrected chi connectivity index (χ1v) is 8.21. The smallest absolute Gasteiger partial charge is 0.128 e. The van der Waals surface area contributed by atoms with Gasteiger partial charge in [-0.3, -0.25) is 4.99 Å². The van der Waals surface area contributed by atoms with Crippen molar-refractivity contribution in [1.29, 1.82) is 0 Å². The monoisotopic (exact) mass is 362 g/mol. The molecule has 1 aliphatic rings. The van der Waals surface area contributed by atoms with Crippen LogP contribution in [0.2, 0.25) is 5.02 Å². The summed E-state index contributed by atoms with van der Waals surface area (Å²) in [7, 11) is 0. The van der Waals surface area contributed by atoms with Crippen molar-refractivity contribution in [2.45, 2.75) is 12.8 Å². The fourth-order valence-corrected chi connectivity index (χ4v) is 3.19. The third-order valence-electron chi connectivity index (χ3n) is 3.62. The summed E-state index contributed by atoms with van der Waals surface area (Å²) in [4.78, 5) is 4.53.